The van der Waals surface area contributed by atoms with Crippen LogP contribution in [0, 0.1) is 17.5 Å². The molecule has 2 aromatic heterocycles. The van der Waals surface area contributed by atoms with Gasteiger partial charge in [0.25, 0.3) is 5.91 Å². The fourth-order valence-electron chi connectivity index (χ4n) is 3.40. The quantitative estimate of drug-likeness (QED) is 0.443. The van der Waals surface area contributed by atoms with Crippen molar-refractivity contribution < 1.29 is 18.0 Å². The first-order chi connectivity index (χ1) is 15.0. The molecule has 0 radical (unpaired) electrons. The molecule has 1 fully saturated rings. The lowest BCUT2D eigenvalue weighted by Gasteiger charge is -2.09. The minimum Gasteiger partial charge on any atom is -0.322 e. The van der Waals surface area contributed by atoms with Gasteiger partial charge in [0.05, 0.1) is 5.69 Å². The van der Waals surface area contributed by atoms with Crippen LogP contribution in [0.1, 0.15) is 34.8 Å². The van der Waals surface area contributed by atoms with Gasteiger partial charge in [-0.3, -0.25) is 4.79 Å². The molecule has 0 spiro atoms. The molecule has 1 saturated carbocycles. The van der Waals surface area contributed by atoms with Gasteiger partial charge in [-0.2, -0.15) is 5.10 Å². The van der Waals surface area contributed by atoms with E-state index >= 15 is 4.39 Å². The number of carbonyl (C=O) groups is 1. The highest BCUT2D eigenvalue weighted by Crippen LogP contribution is 2.44. The van der Waals surface area contributed by atoms with E-state index in [1.165, 1.54) is 29.5 Å². The molecule has 4 aromatic rings. The van der Waals surface area contributed by atoms with E-state index in [0.29, 0.717) is 16.3 Å². The van der Waals surface area contributed by atoms with Crippen LogP contribution in [0.15, 0.2) is 54.2 Å². The number of benzene rings is 2. The Balaban J connectivity index is 1.46. The number of hydrogen-bond donors (Lipinski definition) is 1. The molecule has 2 heterocycles. The van der Waals surface area contributed by atoms with Crippen molar-refractivity contribution in [3.63, 3.8) is 0 Å². The van der Waals surface area contributed by atoms with E-state index in [4.69, 9.17) is 0 Å². The summed E-state index contributed by atoms with van der Waals surface area (Å²) in [4.78, 5) is 16.5. The molecule has 1 amide bonds. The zero-order chi connectivity index (χ0) is 21.5. The first-order valence-electron chi connectivity index (χ1n) is 9.56. The van der Waals surface area contributed by atoms with Crippen LogP contribution in [0.4, 0.5) is 18.9 Å². The first kappa shape index (κ1) is 19.5. The molecule has 1 N–H and O–H groups in total. The monoisotopic (exact) mass is 440 g/mol. The minimum atomic E-state index is -0.988. The Morgan fingerprint density at radius 2 is 1.84 bits per heavy atom. The summed E-state index contributed by atoms with van der Waals surface area (Å²) in [5.74, 6) is -3.26. The largest absolute Gasteiger partial charge is 0.322 e. The van der Waals surface area contributed by atoms with E-state index in [0.717, 1.165) is 36.7 Å². The van der Waals surface area contributed by atoms with E-state index in [1.54, 1.807) is 17.1 Å². The van der Waals surface area contributed by atoms with Crippen molar-refractivity contribution in [2.45, 2.75) is 18.8 Å². The summed E-state index contributed by atoms with van der Waals surface area (Å²) in [7, 11) is 0. The van der Waals surface area contributed by atoms with Gasteiger partial charge in [0.2, 0.25) is 5.13 Å². The number of halogens is 3. The third kappa shape index (κ3) is 3.72. The maximum Gasteiger partial charge on any atom is 0.261 e. The van der Waals surface area contributed by atoms with Gasteiger partial charge in [0, 0.05) is 40.5 Å². The third-order valence-electron chi connectivity index (χ3n) is 5.03. The second kappa shape index (κ2) is 7.66. The second-order valence-electron chi connectivity index (χ2n) is 7.21. The first-order valence-corrected chi connectivity index (χ1v) is 10.4. The van der Waals surface area contributed by atoms with Crippen LogP contribution in [0.25, 0.3) is 16.3 Å². The Bertz CT molecular complexity index is 1260. The molecule has 0 unspecified atom stereocenters. The Morgan fingerprint density at radius 1 is 1.06 bits per heavy atom. The molecule has 5 rings (SSSR count). The fourth-order valence-corrected chi connectivity index (χ4v) is 3.97. The zero-order valence-electron chi connectivity index (χ0n) is 16.0. The number of anilines is 1. The number of thiazole rings is 1. The van der Waals surface area contributed by atoms with Crippen molar-refractivity contribution in [2.75, 3.05) is 5.32 Å². The second-order valence-corrected chi connectivity index (χ2v) is 8.08. The lowest BCUT2D eigenvalue weighted by molar-refractivity contribution is 0.101. The van der Waals surface area contributed by atoms with E-state index < -0.39 is 28.9 Å². The maximum atomic E-state index is 15.0. The highest BCUT2D eigenvalue weighted by atomic mass is 32.1. The molecule has 156 valence electrons. The average molecular weight is 440 g/mol. The number of rotatable bonds is 5. The summed E-state index contributed by atoms with van der Waals surface area (Å²) in [6.45, 7) is 0. The van der Waals surface area contributed by atoms with E-state index in [9.17, 15) is 13.6 Å². The van der Waals surface area contributed by atoms with Crippen molar-refractivity contribution in [3.05, 3.63) is 82.9 Å². The molecular weight excluding hydrogens is 425 g/mol. The van der Waals surface area contributed by atoms with Crippen molar-refractivity contribution in [1.82, 2.24) is 14.8 Å². The van der Waals surface area contributed by atoms with Crippen molar-refractivity contribution in [1.29, 1.82) is 0 Å². The predicted octanol–water partition coefficient (Wildman–Crippen LogP) is 5.54. The van der Waals surface area contributed by atoms with Gasteiger partial charge >= 0.3 is 0 Å². The van der Waals surface area contributed by atoms with E-state index in [2.05, 4.69) is 15.4 Å². The number of carbonyl (C=O) groups excluding carboxylic acids is 1. The van der Waals surface area contributed by atoms with Crippen LogP contribution >= 0.6 is 11.3 Å². The SMILES string of the molecule is O=C(Nc1ccc(-c2cn(-c3nccs3)nc2C2CC2)c(F)c1)c1c(F)cccc1F. The lowest BCUT2D eigenvalue weighted by Crippen LogP contribution is -2.16. The number of hydrogen-bond acceptors (Lipinski definition) is 4. The van der Waals surface area contributed by atoms with Gasteiger partial charge in [-0.15, -0.1) is 11.3 Å². The van der Waals surface area contributed by atoms with Gasteiger partial charge in [-0.25, -0.2) is 22.8 Å². The van der Waals surface area contributed by atoms with Crippen LogP contribution in [-0.4, -0.2) is 20.7 Å². The van der Waals surface area contributed by atoms with Gasteiger partial charge in [0.1, 0.15) is 23.0 Å². The molecule has 0 aliphatic heterocycles. The standard InChI is InChI=1S/C22H15F3N4OS/c23-16-2-1-3-17(24)19(16)21(30)27-13-6-7-14(18(25)10-13)15-11-29(22-26-8-9-31-22)28-20(15)12-4-5-12/h1-3,6-12H,4-5H2,(H,27,30). The van der Waals surface area contributed by atoms with Gasteiger partial charge < -0.3 is 5.32 Å². The normalized spacial score (nSPS) is 13.4. The van der Waals surface area contributed by atoms with Crippen molar-refractivity contribution in [3.8, 4) is 16.3 Å². The summed E-state index contributed by atoms with van der Waals surface area (Å²) in [6, 6.07) is 7.29. The Hall–Kier alpha value is -3.46. The Kier molecular flexibility index (Phi) is 4.82. The molecule has 1 aliphatic carbocycles. The minimum absolute atomic E-state index is 0.0918. The van der Waals surface area contributed by atoms with E-state index in [1.807, 2.05) is 5.38 Å². The summed E-state index contributed by atoms with van der Waals surface area (Å²) in [5.41, 5.74) is 1.18. The van der Waals surface area contributed by atoms with Crippen LogP contribution in [0.3, 0.4) is 0 Å². The number of aromatic nitrogens is 3. The molecule has 0 saturated heterocycles. The molecule has 1 aliphatic rings. The highest BCUT2D eigenvalue weighted by molar-refractivity contribution is 7.12. The highest BCUT2D eigenvalue weighted by Gasteiger charge is 2.31. The zero-order valence-corrected chi connectivity index (χ0v) is 16.8. The van der Waals surface area contributed by atoms with Crippen molar-refractivity contribution >= 4 is 22.9 Å². The topological polar surface area (TPSA) is 59.8 Å². The molecule has 2 aromatic carbocycles. The summed E-state index contributed by atoms with van der Waals surface area (Å²) < 4.78 is 44.3. The number of nitrogens with one attached hydrogen (secondary N) is 1. The number of nitrogens with zero attached hydrogens (tertiary/aromatic N) is 3. The van der Waals surface area contributed by atoms with Gasteiger partial charge in [-0.05, 0) is 43.2 Å². The van der Waals surface area contributed by atoms with Crippen LogP contribution in [-0.2, 0) is 0 Å². The molecular formula is C22H15F3N4OS. The Labute approximate surface area is 179 Å². The average Bonchev–Trinajstić information content (AvgIpc) is 3.24. The van der Waals surface area contributed by atoms with Gasteiger partial charge in [0.15, 0.2) is 0 Å². The molecule has 31 heavy (non-hydrogen) atoms. The molecule has 9 heteroatoms. The van der Waals surface area contributed by atoms with E-state index in [-0.39, 0.29) is 11.6 Å². The smallest absolute Gasteiger partial charge is 0.261 e. The number of amides is 1. The lowest BCUT2D eigenvalue weighted by atomic mass is 10.0. The molecule has 5 nitrogen and oxygen atoms in total. The van der Waals surface area contributed by atoms with Crippen molar-refractivity contribution in [2.24, 2.45) is 0 Å². The predicted molar refractivity (Wildman–Crippen MR) is 111 cm³/mol. The van der Waals surface area contributed by atoms with Crippen LogP contribution in [0.2, 0.25) is 0 Å². The van der Waals surface area contributed by atoms with Crippen LogP contribution in [0.5, 0.6) is 0 Å². The molecule has 0 atom stereocenters. The third-order valence-corrected chi connectivity index (χ3v) is 5.79. The summed E-state index contributed by atoms with van der Waals surface area (Å²) in [6.07, 6.45) is 5.41. The molecule has 0 bridgehead atoms. The maximum absolute atomic E-state index is 15.0. The fraction of sp³-hybridized carbons (Fsp3) is 0.136. The Morgan fingerprint density at radius 3 is 2.48 bits per heavy atom. The summed E-state index contributed by atoms with van der Waals surface area (Å²) >= 11 is 1.43. The van der Waals surface area contributed by atoms with Gasteiger partial charge in [-0.1, -0.05) is 6.07 Å². The van der Waals surface area contributed by atoms with Crippen LogP contribution < -0.4 is 5.32 Å². The summed E-state index contributed by atoms with van der Waals surface area (Å²) in [5, 5.41) is 9.48.